The van der Waals surface area contributed by atoms with E-state index in [4.69, 9.17) is 6.42 Å². The molecule has 2 bridgehead atoms. The van der Waals surface area contributed by atoms with Crippen molar-refractivity contribution in [3.05, 3.63) is 41.6 Å². The van der Waals surface area contributed by atoms with E-state index in [1.165, 1.54) is 0 Å². The predicted octanol–water partition coefficient (Wildman–Crippen LogP) is 3.58. The van der Waals surface area contributed by atoms with Gasteiger partial charge in [-0.1, -0.05) is 43.0 Å². The van der Waals surface area contributed by atoms with E-state index < -0.39 is 15.4 Å². The molecule has 0 heterocycles. The van der Waals surface area contributed by atoms with Crippen LogP contribution in [-0.4, -0.2) is 14.2 Å². The van der Waals surface area contributed by atoms with Crippen LogP contribution >= 0.6 is 0 Å². The van der Waals surface area contributed by atoms with Gasteiger partial charge in [0.2, 0.25) is 0 Å². The highest BCUT2D eigenvalue weighted by atomic mass is 32.2. The van der Waals surface area contributed by atoms with Crippen LogP contribution < -0.4 is 4.72 Å². The monoisotopic (exact) mass is 371 g/mol. The molecule has 3 aliphatic carbocycles. The lowest BCUT2D eigenvalue weighted by Crippen LogP contribution is -2.39. The Labute approximate surface area is 156 Å². The maximum atomic E-state index is 12.9. The summed E-state index contributed by atoms with van der Waals surface area (Å²) >= 11 is 0. The number of allylic oxidation sites excluding steroid dienone is 2. The van der Waals surface area contributed by atoms with Crippen molar-refractivity contribution >= 4 is 15.8 Å². The average Bonchev–Trinajstić information content (AvgIpc) is 2.80. The Balaban J connectivity index is 2.05. The lowest BCUT2D eigenvalue weighted by molar-refractivity contribution is -0.124. The van der Waals surface area contributed by atoms with Crippen molar-refractivity contribution in [1.29, 1.82) is 0 Å². The third-order valence-corrected chi connectivity index (χ3v) is 7.09. The molecule has 1 aromatic carbocycles. The molecule has 0 spiro atoms. The maximum absolute atomic E-state index is 12.9. The third-order valence-electron chi connectivity index (χ3n) is 5.71. The summed E-state index contributed by atoms with van der Waals surface area (Å²) in [5, 5.41) is 0. The van der Waals surface area contributed by atoms with Gasteiger partial charge in [-0.15, -0.1) is 6.42 Å². The van der Waals surface area contributed by atoms with E-state index in [2.05, 4.69) is 10.6 Å². The molecule has 138 valence electrons. The van der Waals surface area contributed by atoms with E-state index in [0.29, 0.717) is 18.5 Å². The lowest BCUT2D eigenvalue weighted by atomic mass is 9.66. The molecule has 26 heavy (non-hydrogen) atoms. The number of hydrogen-bond donors (Lipinski definition) is 1. The molecule has 3 aliphatic rings. The topological polar surface area (TPSA) is 63.2 Å². The van der Waals surface area contributed by atoms with Gasteiger partial charge in [-0.3, -0.25) is 9.52 Å². The fourth-order valence-electron chi connectivity index (χ4n) is 4.25. The molecule has 4 rings (SSSR count). The Morgan fingerprint density at radius 1 is 1.27 bits per heavy atom. The van der Waals surface area contributed by atoms with Gasteiger partial charge < -0.3 is 0 Å². The van der Waals surface area contributed by atoms with Gasteiger partial charge in [0.25, 0.3) is 10.0 Å². The Morgan fingerprint density at radius 2 is 1.96 bits per heavy atom. The number of nitrogens with one attached hydrogen (secondary N) is 1. The van der Waals surface area contributed by atoms with Crippen LogP contribution in [0.2, 0.25) is 0 Å². The number of Topliss-reactive ketones (excluding diaryl/α,β-unsaturated/α-hetero) is 1. The molecule has 1 aromatic rings. The van der Waals surface area contributed by atoms with Gasteiger partial charge in [-0.2, -0.15) is 0 Å². The largest absolute Gasteiger partial charge is 0.299 e. The summed E-state index contributed by atoms with van der Waals surface area (Å²) in [6.45, 7) is 3.94. The van der Waals surface area contributed by atoms with Gasteiger partial charge in [0.05, 0.1) is 10.3 Å². The fraction of sp³-hybridized carbons (Fsp3) is 0.476. The first-order chi connectivity index (χ1) is 12.3. The van der Waals surface area contributed by atoms with Crippen molar-refractivity contribution in [2.45, 2.75) is 50.8 Å². The van der Waals surface area contributed by atoms with Crippen LogP contribution in [0.15, 0.2) is 40.9 Å². The summed E-state index contributed by atoms with van der Waals surface area (Å²) in [4.78, 5) is 12.6. The summed E-state index contributed by atoms with van der Waals surface area (Å²) in [5.74, 6) is 2.81. The van der Waals surface area contributed by atoms with Crippen LogP contribution in [0.4, 0.5) is 0 Å². The van der Waals surface area contributed by atoms with E-state index in [-0.39, 0.29) is 22.5 Å². The minimum absolute atomic E-state index is 0.00864. The Hall–Kier alpha value is -2.06. The molecule has 0 amide bonds. The van der Waals surface area contributed by atoms with Gasteiger partial charge in [-0.25, -0.2) is 8.42 Å². The van der Waals surface area contributed by atoms with Gasteiger partial charge in [0.15, 0.2) is 0 Å². The van der Waals surface area contributed by atoms with Crippen molar-refractivity contribution in [2.75, 3.05) is 0 Å². The molecule has 3 atom stereocenters. The Bertz CT molecular complexity index is 877. The number of terminal acetylenes is 1. The van der Waals surface area contributed by atoms with Crippen molar-refractivity contribution in [3.8, 4) is 12.3 Å². The minimum atomic E-state index is -3.75. The highest BCUT2D eigenvalue weighted by Crippen LogP contribution is 2.50. The number of sulfonamides is 1. The smallest absolute Gasteiger partial charge is 0.261 e. The quantitative estimate of drug-likeness (QED) is 0.805. The highest BCUT2D eigenvalue weighted by Gasteiger charge is 2.48. The first-order valence-electron chi connectivity index (χ1n) is 9.14. The molecular formula is C21H25NO3S. The van der Waals surface area contributed by atoms with E-state index >= 15 is 0 Å². The molecule has 1 N–H and O–H groups in total. The van der Waals surface area contributed by atoms with E-state index in [9.17, 15) is 13.2 Å². The predicted molar refractivity (Wildman–Crippen MR) is 102 cm³/mol. The average molecular weight is 372 g/mol. The molecule has 4 nitrogen and oxygen atoms in total. The van der Waals surface area contributed by atoms with Crippen molar-refractivity contribution in [2.24, 2.45) is 17.3 Å². The van der Waals surface area contributed by atoms with E-state index in [1.807, 2.05) is 13.8 Å². The van der Waals surface area contributed by atoms with Crippen molar-refractivity contribution < 1.29 is 13.2 Å². The van der Waals surface area contributed by atoms with Crippen molar-refractivity contribution in [3.63, 3.8) is 0 Å². The van der Waals surface area contributed by atoms with Gasteiger partial charge >= 0.3 is 0 Å². The van der Waals surface area contributed by atoms with Crippen LogP contribution in [0.3, 0.4) is 0 Å². The lowest BCUT2D eigenvalue weighted by Gasteiger charge is -2.38. The molecule has 5 heteroatoms. The van der Waals surface area contributed by atoms with Crippen molar-refractivity contribution in [1.82, 2.24) is 4.72 Å². The molecule has 1 saturated carbocycles. The second kappa shape index (κ2) is 6.92. The fourth-order valence-corrected chi connectivity index (χ4v) is 5.40. The molecule has 1 fully saturated rings. The van der Waals surface area contributed by atoms with Gasteiger partial charge in [0.1, 0.15) is 5.78 Å². The van der Waals surface area contributed by atoms with Crippen LogP contribution in [0.25, 0.3) is 0 Å². The standard InChI is InChI=1S/C21H25NO3S/c1-4-12-21(5-2)17-9-8-16(19(23)14-17)13-20(21)22-26(24,25)18-10-6-15(3)7-11-18/h2,6-7,10-11,13,16-17,22H,4,8-9,12,14H2,1,3H3/t16-,17-,21+/m1/s1. The number of carbonyl (C=O) groups is 1. The van der Waals surface area contributed by atoms with Crippen LogP contribution in [-0.2, 0) is 14.8 Å². The van der Waals surface area contributed by atoms with E-state index in [1.54, 1.807) is 30.3 Å². The van der Waals surface area contributed by atoms with Gasteiger partial charge in [0, 0.05) is 18.0 Å². The second-order valence-corrected chi connectivity index (χ2v) is 9.10. The molecule has 0 aliphatic heterocycles. The summed E-state index contributed by atoms with van der Waals surface area (Å²) in [6, 6.07) is 6.71. The summed E-state index contributed by atoms with van der Waals surface area (Å²) < 4.78 is 28.6. The summed E-state index contributed by atoms with van der Waals surface area (Å²) in [5.41, 5.74) is 0.777. The number of hydrogen-bond acceptors (Lipinski definition) is 3. The summed E-state index contributed by atoms with van der Waals surface area (Å²) in [7, 11) is -3.75. The number of benzene rings is 1. The zero-order valence-electron chi connectivity index (χ0n) is 15.3. The third kappa shape index (κ3) is 3.19. The second-order valence-electron chi connectivity index (χ2n) is 7.42. The van der Waals surface area contributed by atoms with Crippen LogP contribution in [0, 0.1) is 36.5 Å². The number of carbonyl (C=O) groups excluding carboxylic acids is 1. The van der Waals surface area contributed by atoms with E-state index in [0.717, 1.165) is 24.8 Å². The van der Waals surface area contributed by atoms with Gasteiger partial charge in [-0.05, 0) is 44.2 Å². The highest BCUT2D eigenvalue weighted by molar-refractivity contribution is 7.89. The zero-order valence-corrected chi connectivity index (χ0v) is 16.1. The SMILES string of the molecule is C#C[C@@]1(CCC)C(NS(=O)(=O)c2ccc(C)cc2)=C[C@H]2CC[C@@H]1CC2=O. The zero-order chi connectivity index (χ0) is 18.9. The Morgan fingerprint density at radius 3 is 2.54 bits per heavy atom. The first kappa shape index (κ1) is 18.7. The first-order valence-corrected chi connectivity index (χ1v) is 10.6. The number of rotatable bonds is 5. The normalized spacial score (nSPS) is 28.2. The molecular weight excluding hydrogens is 346 g/mol. The number of fused-ring (bicyclic) bond motifs is 3. The molecule has 0 radical (unpaired) electrons. The van der Waals surface area contributed by atoms with Crippen LogP contribution in [0.5, 0.6) is 0 Å². The number of aryl methyl sites for hydroxylation is 1. The minimum Gasteiger partial charge on any atom is -0.299 e. The Kier molecular flexibility index (Phi) is 4.98. The number of ketones is 1. The molecule has 0 unspecified atom stereocenters. The summed E-state index contributed by atoms with van der Waals surface area (Å²) in [6.07, 6.45) is 11.3. The maximum Gasteiger partial charge on any atom is 0.261 e. The molecule has 0 aromatic heterocycles. The molecule has 0 saturated heterocycles. The van der Waals surface area contributed by atoms with Crippen LogP contribution in [0.1, 0.15) is 44.6 Å².